The highest BCUT2D eigenvalue weighted by atomic mass is 16.5. The number of para-hydroxylation sites is 1. The first kappa shape index (κ1) is 21.6. The maximum atomic E-state index is 9.96. The van der Waals surface area contributed by atoms with Crippen LogP contribution < -0.4 is 15.4 Å². The van der Waals surface area contributed by atoms with Crippen LogP contribution in [0.5, 0.6) is 11.5 Å². The van der Waals surface area contributed by atoms with E-state index in [0.717, 1.165) is 23.5 Å². The van der Waals surface area contributed by atoms with E-state index in [4.69, 9.17) is 4.74 Å². The zero-order valence-electron chi connectivity index (χ0n) is 18.2. The zero-order valence-corrected chi connectivity index (χ0v) is 18.2. The second-order valence-electron chi connectivity index (χ2n) is 8.57. The second kappa shape index (κ2) is 9.25. The Kier molecular flexibility index (Phi) is 6.24. The molecule has 1 aliphatic carbocycles. The van der Waals surface area contributed by atoms with E-state index in [-0.39, 0.29) is 19.0 Å². The summed E-state index contributed by atoms with van der Waals surface area (Å²) in [5, 5.41) is 25.9. The maximum Gasteiger partial charge on any atom is 0.224 e. The summed E-state index contributed by atoms with van der Waals surface area (Å²) in [5.74, 6) is 2.57. The lowest BCUT2D eigenvalue weighted by Crippen LogP contribution is -2.57. The molecule has 0 saturated heterocycles. The van der Waals surface area contributed by atoms with Gasteiger partial charge >= 0.3 is 0 Å². The lowest BCUT2D eigenvalue weighted by atomic mass is 9.64. The molecule has 1 fully saturated rings. The van der Waals surface area contributed by atoms with Crippen molar-refractivity contribution in [2.45, 2.75) is 38.8 Å². The Balaban J connectivity index is 0.00000306. The highest BCUT2D eigenvalue weighted by molar-refractivity contribution is 5.54. The summed E-state index contributed by atoms with van der Waals surface area (Å²) in [4.78, 5) is 8.74. The lowest BCUT2D eigenvalue weighted by Gasteiger charge is -2.49. The van der Waals surface area contributed by atoms with Crippen molar-refractivity contribution in [3.63, 3.8) is 0 Å². The van der Waals surface area contributed by atoms with Gasteiger partial charge in [0.2, 0.25) is 5.95 Å². The maximum absolute atomic E-state index is 9.96. The predicted molar refractivity (Wildman–Crippen MR) is 126 cm³/mol. The molecule has 1 aromatic heterocycles. The number of nitrogens with zero attached hydrogens (tertiary/aromatic N) is 3. The van der Waals surface area contributed by atoms with Crippen LogP contribution in [0.15, 0.2) is 60.8 Å². The molecular weight excluding hydrogens is 402 g/mol. The summed E-state index contributed by atoms with van der Waals surface area (Å²) in [6, 6.07) is 19.9. The summed E-state index contributed by atoms with van der Waals surface area (Å²) in [7, 11) is 0. The number of anilines is 2. The van der Waals surface area contributed by atoms with Gasteiger partial charge in [0, 0.05) is 19.4 Å². The largest absolute Gasteiger partial charge is 0.457 e. The summed E-state index contributed by atoms with van der Waals surface area (Å²) < 4.78 is 5.82. The van der Waals surface area contributed by atoms with Crippen LogP contribution in [-0.2, 0) is 6.42 Å². The average molecular weight is 432 g/mol. The van der Waals surface area contributed by atoms with Crippen LogP contribution in [0.4, 0.5) is 11.8 Å². The number of nitriles is 1. The molecule has 3 N–H and O–H groups in total. The van der Waals surface area contributed by atoms with E-state index in [2.05, 4.69) is 26.7 Å². The molecular formula is C25H29N5O2. The molecule has 0 unspecified atom stereocenters. The Bertz CT molecular complexity index is 1100. The van der Waals surface area contributed by atoms with Gasteiger partial charge in [-0.1, -0.05) is 44.2 Å². The molecule has 2 atom stereocenters. The highest BCUT2D eigenvalue weighted by Crippen LogP contribution is 2.42. The number of ether oxygens (including phenoxy) is 1. The summed E-state index contributed by atoms with van der Waals surface area (Å²) in [6.45, 7) is 4.65. The van der Waals surface area contributed by atoms with Gasteiger partial charge in [-0.25, -0.2) is 4.98 Å². The molecule has 0 bridgehead atoms. The van der Waals surface area contributed by atoms with Crippen molar-refractivity contribution >= 4 is 11.8 Å². The second-order valence-corrected chi connectivity index (χ2v) is 8.57. The number of aromatic nitrogens is 2. The Morgan fingerprint density at radius 3 is 2.53 bits per heavy atom. The smallest absolute Gasteiger partial charge is 0.224 e. The van der Waals surface area contributed by atoms with Crippen molar-refractivity contribution in [3.8, 4) is 17.6 Å². The average Bonchev–Trinajstić information content (AvgIpc) is 2.81. The van der Waals surface area contributed by atoms with Gasteiger partial charge in [-0.3, -0.25) is 0 Å². The van der Waals surface area contributed by atoms with Crippen molar-refractivity contribution in [2.75, 3.05) is 17.2 Å². The number of aliphatic hydroxyl groups is 1. The molecule has 3 aromatic rings. The van der Waals surface area contributed by atoms with Crippen molar-refractivity contribution in [3.05, 3.63) is 71.9 Å². The Morgan fingerprint density at radius 1 is 1.16 bits per heavy atom. The van der Waals surface area contributed by atoms with Gasteiger partial charge < -0.3 is 20.5 Å². The fraction of sp³-hybridized carbons (Fsp3) is 0.320. The number of rotatable bonds is 8. The van der Waals surface area contributed by atoms with Gasteiger partial charge in [0.1, 0.15) is 28.9 Å². The molecule has 32 heavy (non-hydrogen) atoms. The minimum atomic E-state index is -0.352. The van der Waals surface area contributed by atoms with E-state index >= 15 is 0 Å². The molecule has 166 valence electrons. The first-order valence-corrected chi connectivity index (χ1v) is 10.7. The van der Waals surface area contributed by atoms with Crippen LogP contribution in [0.3, 0.4) is 0 Å². The van der Waals surface area contributed by atoms with Gasteiger partial charge in [0.15, 0.2) is 0 Å². The molecule has 0 aliphatic heterocycles. The van der Waals surface area contributed by atoms with Crippen molar-refractivity contribution in [2.24, 2.45) is 5.41 Å². The van der Waals surface area contributed by atoms with Crippen LogP contribution >= 0.6 is 0 Å². The molecule has 0 amide bonds. The molecule has 1 heterocycles. The van der Waals surface area contributed by atoms with Crippen LogP contribution in [-0.4, -0.2) is 33.8 Å². The van der Waals surface area contributed by atoms with Gasteiger partial charge in [0.25, 0.3) is 0 Å². The van der Waals surface area contributed by atoms with E-state index < -0.39 is 0 Å². The fourth-order valence-corrected chi connectivity index (χ4v) is 3.64. The van der Waals surface area contributed by atoms with Crippen LogP contribution in [0.2, 0.25) is 0 Å². The quantitative estimate of drug-likeness (QED) is 0.478. The summed E-state index contributed by atoms with van der Waals surface area (Å²) >= 11 is 0. The first-order chi connectivity index (χ1) is 15.5. The number of nitrogens with one attached hydrogen (secondary N) is 2. The monoisotopic (exact) mass is 431 g/mol. The van der Waals surface area contributed by atoms with Gasteiger partial charge in [-0.2, -0.15) is 10.2 Å². The normalized spacial score (nSPS) is 18.8. The van der Waals surface area contributed by atoms with Crippen molar-refractivity contribution in [1.82, 2.24) is 9.97 Å². The Labute approximate surface area is 189 Å². The lowest BCUT2D eigenvalue weighted by molar-refractivity contribution is -0.0511. The number of hydrogen-bond donors (Lipinski definition) is 3. The molecule has 1 saturated carbocycles. The van der Waals surface area contributed by atoms with Crippen LogP contribution in [0.1, 0.15) is 32.8 Å². The third kappa shape index (κ3) is 4.82. The molecule has 0 spiro atoms. The Morgan fingerprint density at radius 2 is 1.88 bits per heavy atom. The van der Waals surface area contributed by atoms with E-state index in [1.165, 1.54) is 6.20 Å². The molecule has 2 aromatic carbocycles. The standard InChI is InChI=1S/C25H27N5O2.H2/c1-25(2)21(14-22(25)31)29-23-18(15-26)16-28-24(30-23)27-13-12-17-8-10-20(11-9-17)32-19-6-4-3-5-7-19;/h3-11,16,21-22,31H,12-14H2,1-2H3,(H2,27,28,29,30);1H/t21-,22+;/m1./s1. The topological polar surface area (TPSA) is 103 Å². The van der Waals surface area contributed by atoms with E-state index in [0.29, 0.717) is 30.3 Å². The molecule has 7 nitrogen and oxygen atoms in total. The van der Waals surface area contributed by atoms with Crippen LogP contribution in [0, 0.1) is 16.7 Å². The van der Waals surface area contributed by atoms with Crippen LogP contribution in [0.25, 0.3) is 0 Å². The summed E-state index contributed by atoms with van der Waals surface area (Å²) in [6.07, 6.45) is 2.60. The first-order valence-electron chi connectivity index (χ1n) is 10.7. The minimum Gasteiger partial charge on any atom is -0.457 e. The molecule has 7 heteroatoms. The fourth-order valence-electron chi connectivity index (χ4n) is 3.64. The number of hydrogen-bond acceptors (Lipinski definition) is 7. The molecule has 0 radical (unpaired) electrons. The number of aliphatic hydroxyl groups excluding tert-OH is 1. The SMILES string of the molecule is CC1(C)[C@@H](O)C[C@H]1Nc1nc(NCCc2ccc(Oc3ccccc3)cc2)ncc1C#N.[HH]. The van der Waals surface area contributed by atoms with Crippen molar-refractivity contribution < 1.29 is 11.3 Å². The minimum absolute atomic E-state index is 0. The highest BCUT2D eigenvalue weighted by Gasteiger charge is 2.47. The molecule has 4 rings (SSSR count). The van der Waals surface area contributed by atoms with Gasteiger partial charge in [-0.05, 0) is 42.7 Å². The predicted octanol–water partition coefficient (Wildman–Crippen LogP) is 4.61. The van der Waals surface area contributed by atoms with Gasteiger partial charge in [0.05, 0.1) is 12.3 Å². The Hall–Kier alpha value is -3.63. The third-order valence-electron chi connectivity index (χ3n) is 6.04. The van der Waals surface area contributed by atoms with Gasteiger partial charge in [-0.15, -0.1) is 0 Å². The van der Waals surface area contributed by atoms with Crippen molar-refractivity contribution in [1.29, 1.82) is 5.26 Å². The third-order valence-corrected chi connectivity index (χ3v) is 6.04. The molecule has 1 aliphatic rings. The summed E-state index contributed by atoms with van der Waals surface area (Å²) in [5.41, 5.74) is 1.29. The van der Waals surface area contributed by atoms with E-state index in [1.807, 2.05) is 68.4 Å². The van der Waals surface area contributed by atoms with E-state index in [9.17, 15) is 10.4 Å². The van der Waals surface area contributed by atoms with E-state index in [1.54, 1.807) is 0 Å². The number of benzene rings is 2. The zero-order chi connectivity index (χ0) is 22.6.